The van der Waals surface area contributed by atoms with Crippen LogP contribution in [0, 0.1) is 13.8 Å². The lowest BCUT2D eigenvalue weighted by atomic mass is 10.0. The molecule has 0 saturated carbocycles. The van der Waals surface area contributed by atoms with E-state index in [1.807, 2.05) is 11.7 Å². The van der Waals surface area contributed by atoms with Gasteiger partial charge in [0.2, 0.25) is 0 Å². The summed E-state index contributed by atoms with van der Waals surface area (Å²) in [7, 11) is 1.98. The maximum absolute atomic E-state index is 4.64. The Morgan fingerprint density at radius 3 is 2.68 bits per heavy atom. The van der Waals surface area contributed by atoms with Gasteiger partial charge < -0.3 is 5.32 Å². The molecule has 1 heterocycles. The molecule has 1 aromatic heterocycles. The first-order valence-electron chi connectivity index (χ1n) is 6.81. The van der Waals surface area contributed by atoms with Crippen LogP contribution in [0.3, 0.4) is 0 Å². The highest BCUT2D eigenvalue weighted by Crippen LogP contribution is 2.26. The highest BCUT2D eigenvalue weighted by atomic mass is 15.3. The average Bonchev–Trinajstić information content (AvgIpc) is 2.71. The van der Waals surface area contributed by atoms with Crippen LogP contribution in [0.25, 0.3) is 11.3 Å². The minimum atomic E-state index is 0.478. The molecule has 3 nitrogen and oxygen atoms in total. The molecule has 19 heavy (non-hydrogen) atoms. The highest BCUT2D eigenvalue weighted by Gasteiger charge is 2.12. The van der Waals surface area contributed by atoms with Gasteiger partial charge in [-0.1, -0.05) is 31.5 Å². The van der Waals surface area contributed by atoms with E-state index >= 15 is 0 Å². The van der Waals surface area contributed by atoms with Gasteiger partial charge >= 0.3 is 0 Å². The normalized spacial score (nSPS) is 11.3. The average molecular weight is 257 g/mol. The molecule has 2 aromatic rings. The third-order valence-electron chi connectivity index (χ3n) is 3.25. The first-order valence-corrected chi connectivity index (χ1v) is 6.81. The van der Waals surface area contributed by atoms with Crippen molar-refractivity contribution in [2.24, 2.45) is 7.05 Å². The standard InChI is InChI=1S/C16H23N3/c1-11(2)17-9-14-10-19(5)18-16(14)15-8-12(3)6-7-13(15)4/h6-8,10-11,17H,9H2,1-5H3. The van der Waals surface area contributed by atoms with Gasteiger partial charge in [0.25, 0.3) is 0 Å². The number of rotatable bonds is 4. The fraction of sp³-hybridized carbons (Fsp3) is 0.438. The van der Waals surface area contributed by atoms with Crippen LogP contribution in [0.1, 0.15) is 30.5 Å². The molecule has 0 bridgehead atoms. The zero-order valence-corrected chi connectivity index (χ0v) is 12.5. The van der Waals surface area contributed by atoms with Crippen molar-refractivity contribution in [1.82, 2.24) is 15.1 Å². The minimum Gasteiger partial charge on any atom is -0.310 e. The third-order valence-corrected chi connectivity index (χ3v) is 3.25. The van der Waals surface area contributed by atoms with Crippen molar-refractivity contribution in [3.63, 3.8) is 0 Å². The van der Waals surface area contributed by atoms with Gasteiger partial charge in [0.15, 0.2) is 0 Å². The van der Waals surface area contributed by atoms with Gasteiger partial charge in [0.1, 0.15) is 0 Å². The number of hydrogen-bond acceptors (Lipinski definition) is 2. The molecule has 0 aliphatic heterocycles. The van der Waals surface area contributed by atoms with E-state index in [0.717, 1.165) is 12.2 Å². The van der Waals surface area contributed by atoms with Gasteiger partial charge in [0, 0.05) is 37.0 Å². The minimum absolute atomic E-state index is 0.478. The van der Waals surface area contributed by atoms with Gasteiger partial charge in [-0.2, -0.15) is 5.10 Å². The summed E-state index contributed by atoms with van der Waals surface area (Å²) < 4.78 is 1.90. The van der Waals surface area contributed by atoms with Crippen molar-refractivity contribution < 1.29 is 0 Å². The molecule has 2 rings (SSSR count). The number of benzene rings is 1. The van der Waals surface area contributed by atoms with Crippen molar-refractivity contribution in [2.75, 3.05) is 0 Å². The largest absolute Gasteiger partial charge is 0.310 e. The van der Waals surface area contributed by atoms with Crippen LogP contribution in [0.2, 0.25) is 0 Å². The number of aryl methyl sites for hydroxylation is 3. The van der Waals surface area contributed by atoms with Crippen molar-refractivity contribution in [2.45, 2.75) is 40.3 Å². The molecule has 0 aliphatic carbocycles. The Bertz CT molecular complexity index is 567. The van der Waals surface area contributed by atoms with Crippen LogP contribution >= 0.6 is 0 Å². The Morgan fingerprint density at radius 2 is 2.00 bits per heavy atom. The monoisotopic (exact) mass is 257 g/mol. The quantitative estimate of drug-likeness (QED) is 0.911. The second-order valence-electron chi connectivity index (χ2n) is 5.53. The molecule has 0 saturated heterocycles. The van der Waals surface area contributed by atoms with E-state index in [9.17, 15) is 0 Å². The summed E-state index contributed by atoms with van der Waals surface area (Å²) in [6, 6.07) is 7.01. The molecule has 0 unspecified atom stereocenters. The lowest BCUT2D eigenvalue weighted by Crippen LogP contribution is -2.21. The molecule has 0 spiro atoms. The van der Waals surface area contributed by atoms with Crippen molar-refractivity contribution in [1.29, 1.82) is 0 Å². The molecule has 0 fully saturated rings. The highest BCUT2D eigenvalue weighted by molar-refractivity contribution is 5.67. The van der Waals surface area contributed by atoms with Crippen LogP contribution in [-0.2, 0) is 13.6 Å². The van der Waals surface area contributed by atoms with Crippen molar-refractivity contribution in [3.05, 3.63) is 41.1 Å². The Kier molecular flexibility index (Phi) is 4.05. The Balaban J connectivity index is 2.40. The summed E-state index contributed by atoms with van der Waals surface area (Å²) in [5.41, 5.74) is 6.13. The molecule has 0 atom stereocenters. The van der Waals surface area contributed by atoms with Gasteiger partial charge in [-0.15, -0.1) is 0 Å². The molecular formula is C16H23N3. The first kappa shape index (κ1) is 13.8. The van der Waals surface area contributed by atoms with Gasteiger partial charge in [-0.3, -0.25) is 4.68 Å². The molecular weight excluding hydrogens is 234 g/mol. The zero-order chi connectivity index (χ0) is 14.0. The molecule has 0 radical (unpaired) electrons. The molecule has 0 aliphatic rings. The number of nitrogens with zero attached hydrogens (tertiary/aromatic N) is 2. The predicted octanol–water partition coefficient (Wildman–Crippen LogP) is 3.20. The Labute approximate surface area is 115 Å². The van der Waals surface area contributed by atoms with E-state index in [1.54, 1.807) is 0 Å². The lowest BCUT2D eigenvalue weighted by molar-refractivity contribution is 0.589. The van der Waals surface area contributed by atoms with Crippen LogP contribution in [0.15, 0.2) is 24.4 Å². The van der Waals surface area contributed by atoms with Gasteiger partial charge in [-0.25, -0.2) is 0 Å². The number of nitrogens with one attached hydrogen (secondary N) is 1. The predicted molar refractivity (Wildman–Crippen MR) is 80.1 cm³/mol. The van der Waals surface area contributed by atoms with Crippen LogP contribution < -0.4 is 5.32 Å². The third kappa shape index (κ3) is 3.24. The molecule has 1 N–H and O–H groups in total. The Morgan fingerprint density at radius 1 is 1.26 bits per heavy atom. The fourth-order valence-corrected chi connectivity index (χ4v) is 2.20. The Hall–Kier alpha value is -1.61. The summed E-state index contributed by atoms with van der Waals surface area (Å²) >= 11 is 0. The van der Waals surface area contributed by atoms with Crippen molar-refractivity contribution in [3.8, 4) is 11.3 Å². The van der Waals surface area contributed by atoms with E-state index in [4.69, 9.17) is 0 Å². The topological polar surface area (TPSA) is 29.9 Å². The van der Waals surface area contributed by atoms with E-state index < -0.39 is 0 Å². The smallest absolute Gasteiger partial charge is 0.0970 e. The molecule has 1 aromatic carbocycles. The lowest BCUT2D eigenvalue weighted by Gasteiger charge is -2.10. The zero-order valence-electron chi connectivity index (χ0n) is 12.5. The summed E-state index contributed by atoms with van der Waals surface area (Å²) in [5.74, 6) is 0. The maximum Gasteiger partial charge on any atom is 0.0970 e. The molecule has 3 heteroatoms. The number of hydrogen-bond donors (Lipinski definition) is 1. The molecule has 0 amide bonds. The summed E-state index contributed by atoms with van der Waals surface area (Å²) in [6.45, 7) is 9.44. The van der Waals surface area contributed by atoms with Crippen LogP contribution in [-0.4, -0.2) is 15.8 Å². The summed E-state index contributed by atoms with van der Waals surface area (Å²) in [6.07, 6.45) is 2.10. The van der Waals surface area contributed by atoms with Gasteiger partial charge in [-0.05, 0) is 25.5 Å². The second-order valence-corrected chi connectivity index (χ2v) is 5.53. The first-order chi connectivity index (χ1) is 8.97. The van der Waals surface area contributed by atoms with Crippen LogP contribution in [0.5, 0.6) is 0 Å². The van der Waals surface area contributed by atoms with E-state index in [2.05, 4.69) is 62.5 Å². The maximum atomic E-state index is 4.64. The van der Waals surface area contributed by atoms with E-state index in [0.29, 0.717) is 6.04 Å². The SMILES string of the molecule is Cc1ccc(C)c(-c2nn(C)cc2CNC(C)C)c1. The fourth-order valence-electron chi connectivity index (χ4n) is 2.20. The molecule has 102 valence electrons. The summed E-state index contributed by atoms with van der Waals surface area (Å²) in [5, 5.41) is 8.10. The second kappa shape index (κ2) is 5.57. The summed E-state index contributed by atoms with van der Waals surface area (Å²) in [4.78, 5) is 0. The van der Waals surface area contributed by atoms with Crippen LogP contribution in [0.4, 0.5) is 0 Å². The number of aromatic nitrogens is 2. The van der Waals surface area contributed by atoms with E-state index in [1.165, 1.54) is 22.3 Å². The van der Waals surface area contributed by atoms with Gasteiger partial charge in [0.05, 0.1) is 5.69 Å². The van der Waals surface area contributed by atoms with E-state index in [-0.39, 0.29) is 0 Å². The van der Waals surface area contributed by atoms with Crippen molar-refractivity contribution >= 4 is 0 Å².